The third kappa shape index (κ3) is 0.908. The Bertz CT molecular complexity index is 59.2. The lowest BCUT2D eigenvalue weighted by Gasteiger charge is -2.30. The van der Waals surface area contributed by atoms with Gasteiger partial charge in [-0.2, -0.15) is 0 Å². The Hall–Kier alpha value is 0.290. The lowest BCUT2D eigenvalue weighted by Crippen LogP contribution is -2.24. The maximum atomic E-state index is 5.82. The van der Waals surface area contributed by atoms with Crippen molar-refractivity contribution in [2.75, 3.05) is 0 Å². The molecule has 0 radical (unpaired) electrons. The molecule has 1 unspecified atom stereocenters. The zero-order valence-electron chi connectivity index (χ0n) is 4.65. The summed E-state index contributed by atoms with van der Waals surface area (Å²) in [5.41, 5.74) is 0. The summed E-state index contributed by atoms with van der Waals surface area (Å²) < 4.78 is 0. The monoisotopic (exact) mass is 118 g/mol. The minimum atomic E-state index is 0.519. The number of alkyl halides is 1. The largest absolute Gasteiger partial charge is 0.123 e. The molecule has 0 aromatic rings. The van der Waals surface area contributed by atoms with E-state index >= 15 is 0 Å². The molecule has 7 heavy (non-hydrogen) atoms. The van der Waals surface area contributed by atoms with E-state index in [-0.39, 0.29) is 0 Å². The second-order valence-corrected chi connectivity index (χ2v) is 2.82. The molecule has 0 spiro atoms. The van der Waals surface area contributed by atoms with E-state index < -0.39 is 0 Å². The fourth-order valence-electron chi connectivity index (χ4n) is 0.988. The van der Waals surface area contributed by atoms with E-state index in [4.69, 9.17) is 11.6 Å². The van der Waals surface area contributed by atoms with Crippen LogP contribution in [0.4, 0.5) is 0 Å². The molecule has 0 aliphatic heterocycles. The molecule has 0 bridgehead atoms. The first-order chi connectivity index (χ1) is 3.34. The van der Waals surface area contributed by atoms with Gasteiger partial charge >= 0.3 is 0 Å². The molecule has 0 N–H and O–H groups in total. The molecule has 1 aliphatic carbocycles. The third-order valence-corrected chi connectivity index (χ3v) is 2.42. The topological polar surface area (TPSA) is 0 Å². The predicted molar refractivity (Wildman–Crippen MR) is 32.7 cm³/mol. The minimum Gasteiger partial charge on any atom is -0.123 e. The molecule has 0 aromatic heterocycles. The first-order valence-corrected chi connectivity index (χ1v) is 3.42. The van der Waals surface area contributed by atoms with Crippen molar-refractivity contribution in [1.82, 2.24) is 0 Å². The molecule has 1 heteroatoms. The zero-order valence-corrected chi connectivity index (χ0v) is 5.41. The average Bonchev–Trinajstić information content (AvgIpc) is 1.65. The van der Waals surface area contributed by atoms with Crippen LogP contribution in [-0.4, -0.2) is 5.38 Å². The van der Waals surface area contributed by atoms with Crippen molar-refractivity contribution in [2.24, 2.45) is 5.92 Å². The van der Waals surface area contributed by atoms with Crippen LogP contribution in [0.2, 0.25) is 0 Å². The van der Waals surface area contributed by atoms with E-state index in [1.165, 1.54) is 19.3 Å². The number of hydrogen-bond acceptors (Lipinski definition) is 0. The maximum Gasteiger partial charge on any atom is 0.0364 e. The van der Waals surface area contributed by atoms with Gasteiger partial charge < -0.3 is 0 Å². The normalized spacial score (nSPS) is 40.3. The highest BCUT2D eigenvalue weighted by molar-refractivity contribution is 6.21. The summed E-state index contributed by atoms with van der Waals surface area (Å²) >= 11 is 5.82. The van der Waals surface area contributed by atoms with Crippen LogP contribution in [-0.2, 0) is 0 Å². The van der Waals surface area contributed by atoms with Gasteiger partial charge in [0.25, 0.3) is 0 Å². The van der Waals surface area contributed by atoms with Crippen molar-refractivity contribution in [3.05, 3.63) is 0 Å². The molecule has 1 aliphatic rings. The summed E-state index contributed by atoms with van der Waals surface area (Å²) in [6.45, 7) is 2.21. The van der Waals surface area contributed by atoms with Crippen molar-refractivity contribution < 1.29 is 0 Å². The van der Waals surface area contributed by atoms with Gasteiger partial charge in [-0.25, -0.2) is 0 Å². The second-order valence-electron chi connectivity index (χ2n) is 2.26. The summed E-state index contributed by atoms with van der Waals surface area (Å²) in [5, 5.41) is 0.519. The third-order valence-electron chi connectivity index (χ3n) is 1.85. The fraction of sp³-hybridized carbons (Fsp3) is 1.00. The van der Waals surface area contributed by atoms with Crippen LogP contribution in [0.25, 0.3) is 0 Å². The quantitative estimate of drug-likeness (QED) is 0.464. The van der Waals surface area contributed by atoms with Crippen LogP contribution in [0, 0.1) is 5.92 Å². The van der Waals surface area contributed by atoms with E-state index in [1.54, 1.807) is 0 Å². The highest BCUT2D eigenvalue weighted by Gasteiger charge is 2.26. The zero-order chi connectivity index (χ0) is 5.28. The van der Waals surface area contributed by atoms with E-state index in [1.807, 2.05) is 0 Å². The van der Waals surface area contributed by atoms with Crippen molar-refractivity contribution in [1.29, 1.82) is 0 Å². The summed E-state index contributed by atoms with van der Waals surface area (Å²) in [6, 6.07) is 0. The van der Waals surface area contributed by atoms with E-state index in [0.717, 1.165) is 5.92 Å². The number of hydrogen-bond donors (Lipinski definition) is 0. The summed E-state index contributed by atoms with van der Waals surface area (Å²) in [7, 11) is 0. The van der Waals surface area contributed by atoms with Gasteiger partial charge in [-0.1, -0.05) is 13.3 Å². The SMILES string of the molecule is CCC1CC[C@@H]1Cl. The van der Waals surface area contributed by atoms with Crippen LogP contribution in [0.5, 0.6) is 0 Å². The van der Waals surface area contributed by atoms with Gasteiger partial charge in [0.05, 0.1) is 0 Å². The number of rotatable bonds is 1. The number of halogens is 1. The van der Waals surface area contributed by atoms with Crippen molar-refractivity contribution in [3.8, 4) is 0 Å². The Morgan fingerprint density at radius 3 is 2.29 bits per heavy atom. The van der Waals surface area contributed by atoms with E-state index in [0.29, 0.717) is 5.38 Å². The molecule has 0 saturated heterocycles. The summed E-state index contributed by atoms with van der Waals surface area (Å²) in [4.78, 5) is 0. The first-order valence-electron chi connectivity index (χ1n) is 2.98. The molecular weight excluding hydrogens is 108 g/mol. The highest BCUT2D eigenvalue weighted by atomic mass is 35.5. The van der Waals surface area contributed by atoms with Gasteiger partial charge in [0.1, 0.15) is 0 Å². The van der Waals surface area contributed by atoms with Gasteiger partial charge in [0.2, 0.25) is 0 Å². The molecule has 2 atom stereocenters. The van der Waals surface area contributed by atoms with Crippen molar-refractivity contribution in [2.45, 2.75) is 31.6 Å². The van der Waals surface area contributed by atoms with Crippen molar-refractivity contribution in [3.63, 3.8) is 0 Å². The van der Waals surface area contributed by atoms with E-state index in [2.05, 4.69) is 6.92 Å². The first kappa shape index (κ1) is 5.43. The van der Waals surface area contributed by atoms with Crippen LogP contribution in [0.1, 0.15) is 26.2 Å². The van der Waals surface area contributed by atoms with Gasteiger partial charge in [-0.15, -0.1) is 11.6 Å². The molecule has 0 heterocycles. The standard InChI is InChI=1S/C6H11Cl/c1-2-5-3-4-6(5)7/h5-6H,2-4H2,1H3/t5?,6-/m0/s1. The van der Waals surface area contributed by atoms with Crippen LogP contribution in [0.3, 0.4) is 0 Å². The molecule has 1 saturated carbocycles. The van der Waals surface area contributed by atoms with Gasteiger partial charge in [-0.3, -0.25) is 0 Å². The van der Waals surface area contributed by atoms with Crippen LogP contribution in [0.15, 0.2) is 0 Å². The molecule has 1 fully saturated rings. The maximum absolute atomic E-state index is 5.82. The fourth-order valence-corrected chi connectivity index (χ4v) is 1.42. The van der Waals surface area contributed by atoms with Gasteiger partial charge in [0, 0.05) is 5.38 Å². The molecule has 0 nitrogen and oxygen atoms in total. The molecular formula is C6H11Cl. The molecule has 1 rings (SSSR count). The van der Waals surface area contributed by atoms with E-state index in [9.17, 15) is 0 Å². The summed E-state index contributed by atoms with van der Waals surface area (Å²) in [6.07, 6.45) is 3.89. The minimum absolute atomic E-state index is 0.519. The second kappa shape index (κ2) is 2.04. The van der Waals surface area contributed by atoms with Crippen LogP contribution >= 0.6 is 11.6 Å². The average molecular weight is 119 g/mol. The lowest BCUT2D eigenvalue weighted by atomic mass is 9.83. The van der Waals surface area contributed by atoms with Crippen LogP contribution < -0.4 is 0 Å². The smallest absolute Gasteiger partial charge is 0.0364 e. The molecule has 42 valence electrons. The van der Waals surface area contributed by atoms with Gasteiger partial charge in [0.15, 0.2) is 0 Å². The Morgan fingerprint density at radius 1 is 1.57 bits per heavy atom. The van der Waals surface area contributed by atoms with Gasteiger partial charge in [-0.05, 0) is 18.8 Å². The Labute approximate surface area is 49.9 Å². The Balaban J connectivity index is 2.16. The Kier molecular flexibility index (Phi) is 1.58. The van der Waals surface area contributed by atoms with Crippen molar-refractivity contribution >= 4 is 11.6 Å². The lowest BCUT2D eigenvalue weighted by molar-refractivity contribution is 0.316. The molecule has 0 aromatic carbocycles. The Morgan fingerprint density at radius 2 is 2.29 bits per heavy atom. The summed E-state index contributed by atoms with van der Waals surface area (Å²) in [5.74, 6) is 0.849. The predicted octanol–water partition coefficient (Wildman–Crippen LogP) is 2.41. The molecule has 0 amide bonds. The highest BCUT2D eigenvalue weighted by Crippen LogP contribution is 2.34.